The maximum Gasteiger partial charge on any atom is 0.325 e. The molecular formula is C9H9N3O2S. The summed E-state index contributed by atoms with van der Waals surface area (Å²) in [4.78, 5) is 19.7. The standard InChI is InChI=1S/C9H9N3O2S/c1-5(9(13)14)12-6-2-3-10-8-7(6)11-4-15-8/h2-5H,1H3,(H,10,12)(H,13,14). The van der Waals surface area contributed by atoms with E-state index in [-0.39, 0.29) is 0 Å². The Hall–Kier alpha value is -1.69. The molecule has 15 heavy (non-hydrogen) atoms. The first-order chi connectivity index (χ1) is 7.18. The van der Waals surface area contributed by atoms with Crippen LogP contribution in [0.15, 0.2) is 17.8 Å². The molecule has 0 aromatic carbocycles. The maximum atomic E-state index is 10.7. The Morgan fingerprint density at radius 1 is 1.60 bits per heavy atom. The molecule has 0 spiro atoms. The summed E-state index contributed by atoms with van der Waals surface area (Å²) in [5.41, 5.74) is 3.11. The highest BCUT2D eigenvalue weighted by atomic mass is 32.1. The van der Waals surface area contributed by atoms with E-state index in [0.717, 1.165) is 10.3 Å². The smallest absolute Gasteiger partial charge is 0.325 e. The fraction of sp³-hybridized carbons (Fsp3) is 0.222. The Morgan fingerprint density at radius 2 is 2.40 bits per heavy atom. The molecule has 1 atom stereocenters. The molecule has 0 amide bonds. The van der Waals surface area contributed by atoms with Crippen molar-refractivity contribution in [1.82, 2.24) is 9.97 Å². The highest BCUT2D eigenvalue weighted by molar-refractivity contribution is 7.16. The van der Waals surface area contributed by atoms with Crippen molar-refractivity contribution in [2.45, 2.75) is 13.0 Å². The van der Waals surface area contributed by atoms with Crippen LogP contribution in [0.1, 0.15) is 6.92 Å². The molecule has 0 saturated heterocycles. The highest BCUT2D eigenvalue weighted by Gasteiger charge is 2.12. The van der Waals surface area contributed by atoms with Crippen molar-refractivity contribution in [2.75, 3.05) is 5.32 Å². The molecule has 5 nitrogen and oxygen atoms in total. The molecule has 0 radical (unpaired) electrons. The zero-order valence-corrected chi connectivity index (χ0v) is 8.78. The third-order valence-electron chi connectivity index (χ3n) is 1.98. The monoisotopic (exact) mass is 223 g/mol. The van der Waals surface area contributed by atoms with Crippen LogP contribution in [0.5, 0.6) is 0 Å². The molecule has 0 fully saturated rings. The number of aliphatic carboxylic acids is 1. The lowest BCUT2D eigenvalue weighted by Gasteiger charge is -2.10. The third kappa shape index (κ3) is 1.89. The van der Waals surface area contributed by atoms with Crippen LogP contribution in [-0.2, 0) is 4.79 Å². The molecule has 2 heterocycles. The van der Waals surface area contributed by atoms with Crippen molar-refractivity contribution in [1.29, 1.82) is 0 Å². The number of fused-ring (bicyclic) bond motifs is 1. The van der Waals surface area contributed by atoms with Gasteiger partial charge in [0.1, 0.15) is 16.4 Å². The van der Waals surface area contributed by atoms with Gasteiger partial charge < -0.3 is 10.4 Å². The second kappa shape index (κ2) is 3.82. The van der Waals surface area contributed by atoms with Gasteiger partial charge in [-0.1, -0.05) is 0 Å². The van der Waals surface area contributed by atoms with Crippen molar-refractivity contribution < 1.29 is 9.90 Å². The van der Waals surface area contributed by atoms with Gasteiger partial charge in [0.2, 0.25) is 0 Å². The van der Waals surface area contributed by atoms with Crippen molar-refractivity contribution in [3.8, 4) is 0 Å². The number of carboxylic acids is 1. The molecular weight excluding hydrogens is 214 g/mol. The summed E-state index contributed by atoms with van der Waals surface area (Å²) in [6, 6.07) is 1.08. The van der Waals surface area contributed by atoms with Gasteiger partial charge in [-0.05, 0) is 13.0 Å². The van der Waals surface area contributed by atoms with Crippen LogP contribution < -0.4 is 5.32 Å². The van der Waals surface area contributed by atoms with Gasteiger partial charge in [-0.25, -0.2) is 9.97 Å². The molecule has 2 rings (SSSR count). The SMILES string of the molecule is CC(Nc1ccnc2scnc12)C(=O)O. The number of nitrogens with one attached hydrogen (secondary N) is 1. The Morgan fingerprint density at radius 3 is 3.13 bits per heavy atom. The van der Waals surface area contributed by atoms with Gasteiger partial charge in [0.25, 0.3) is 0 Å². The lowest BCUT2D eigenvalue weighted by atomic mass is 10.3. The molecule has 2 aromatic rings. The van der Waals surface area contributed by atoms with Crippen LogP contribution in [0.3, 0.4) is 0 Å². The van der Waals surface area contributed by atoms with Crippen LogP contribution in [0.2, 0.25) is 0 Å². The van der Waals surface area contributed by atoms with Crippen molar-refractivity contribution in [3.05, 3.63) is 17.8 Å². The average molecular weight is 223 g/mol. The van der Waals surface area contributed by atoms with E-state index in [9.17, 15) is 4.79 Å². The highest BCUT2D eigenvalue weighted by Crippen LogP contribution is 2.23. The predicted octanol–water partition coefficient (Wildman–Crippen LogP) is 1.58. The predicted molar refractivity (Wildman–Crippen MR) is 58.1 cm³/mol. The average Bonchev–Trinajstić information content (AvgIpc) is 2.66. The summed E-state index contributed by atoms with van der Waals surface area (Å²) in [7, 11) is 0. The fourth-order valence-electron chi connectivity index (χ4n) is 1.19. The third-order valence-corrected chi connectivity index (χ3v) is 2.71. The minimum atomic E-state index is -0.893. The van der Waals surface area contributed by atoms with Crippen LogP contribution in [0.25, 0.3) is 10.3 Å². The van der Waals surface area contributed by atoms with E-state index in [1.807, 2.05) is 0 Å². The second-order valence-corrected chi connectivity index (χ2v) is 3.90. The first-order valence-corrected chi connectivity index (χ1v) is 5.24. The van der Waals surface area contributed by atoms with Gasteiger partial charge in [-0.3, -0.25) is 4.79 Å². The van der Waals surface area contributed by atoms with Crippen LogP contribution >= 0.6 is 11.3 Å². The van der Waals surface area contributed by atoms with Crippen molar-refractivity contribution in [3.63, 3.8) is 0 Å². The zero-order chi connectivity index (χ0) is 10.8. The number of carboxylic acid groups (broad SMARTS) is 1. The molecule has 2 N–H and O–H groups in total. The van der Waals surface area contributed by atoms with E-state index in [0.29, 0.717) is 5.69 Å². The molecule has 1 unspecified atom stereocenters. The van der Waals surface area contributed by atoms with Gasteiger partial charge in [-0.15, -0.1) is 11.3 Å². The summed E-state index contributed by atoms with van der Waals surface area (Å²) >= 11 is 1.43. The van der Waals surface area contributed by atoms with Gasteiger partial charge in [0.15, 0.2) is 0 Å². The van der Waals surface area contributed by atoms with Crippen LogP contribution in [0, 0.1) is 0 Å². The summed E-state index contributed by atoms with van der Waals surface area (Å²) in [5, 5.41) is 11.6. The zero-order valence-electron chi connectivity index (χ0n) is 7.97. The van der Waals surface area contributed by atoms with Gasteiger partial charge in [0, 0.05) is 6.20 Å². The Bertz CT molecular complexity index is 497. The Balaban J connectivity index is 2.35. The lowest BCUT2D eigenvalue weighted by molar-refractivity contribution is -0.137. The topological polar surface area (TPSA) is 75.1 Å². The number of pyridine rings is 1. The molecule has 0 aliphatic heterocycles. The molecule has 0 bridgehead atoms. The summed E-state index contributed by atoms with van der Waals surface area (Å²) in [5.74, 6) is -0.893. The van der Waals surface area contributed by atoms with E-state index in [1.165, 1.54) is 11.3 Å². The Labute approximate surface area is 89.8 Å². The van der Waals surface area contributed by atoms with E-state index >= 15 is 0 Å². The molecule has 0 aliphatic rings. The number of thiazole rings is 1. The van der Waals surface area contributed by atoms with E-state index < -0.39 is 12.0 Å². The van der Waals surface area contributed by atoms with Crippen molar-refractivity contribution in [2.24, 2.45) is 0 Å². The molecule has 0 aliphatic carbocycles. The molecule has 6 heteroatoms. The largest absolute Gasteiger partial charge is 0.480 e. The van der Waals surface area contributed by atoms with Crippen LogP contribution in [-0.4, -0.2) is 27.1 Å². The summed E-state index contributed by atoms with van der Waals surface area (Å²) in [6.07, 6.45) is 1.64. The van der Waals surface area contributed by atoms with Gasteiger partial charge in [-0.2, -0.15) is 0 Å². The summed E-state index contributed by atoms with van der Waals surface area (Å²) in [6.45, 7) is 1.58. The van der Waals surface area contributed by atoms with Gasteiger partial charge >= 0.3 is 5.97 Å². The van der Waals surface area contributed by atoms with E-state index in [2.05, 4.69) is 15.3 Å². The lowest BCUT2D eigenvalue weighted by Crippen LogP contribution is -2.25. The molecule has 0 saturated carbocycles. The number of hydrogen-bond donors (Lipinski definition) is 2. The fourth-order valence-corrected chi connectivity index (χ4v) is 1.84. The number of anilines is 1. The normalized spacial score (nSPS) is 12.6. The number of nitrogens with zero attached hydrogens (tertiary/aromatic N) is 2. The Kier molecular flexibility index (Phi) is 2.51. The number of carbonyl (C=O) groups is 1. The maximum absolute atomic E-state index is 10.7. The number of hydrogen-bond acceptors (Lipinski definition) is 5. The number of rotatable bonds is 3. The second-order valence-electron chi connectivity index (χ2n) is 3.07. The van der Waals surface area contributed by atoms with Crippen LogP contribution in [0.4, 0.5) is 5.69 Å². The molecule has 2 aromatic heterocycles. The minimum absolute atomic E-state index is 0.641. The van der Waals surface area contributed by atoms with Gasteiger partial charge in [0.05, 0.1) is 11.2 Å². The first-order valence-electron chi connectivity index (χ1n) is 4.36. The quantitative estimate of drug-likeness (QED) is 0.826. The summed E-state index contributed by atoms with van der Waals surface area (Å²) < 4.78 is 0. The number of aromatic nitrogens is 2. The minimum Gasteiger partial charge on any atom is -0.480 e. The first kappa shape index (κ1) is 9.85. The molecule has 78 valence electrons. The van der Waals surface area contributed by atoms with Crippen molar-refractivity contribution >= 4 is 33.3 Å². The van der Waals surface area contributed by atoms with E-state index in [1.54, 1.807) is 24.7 Å². The van der Waals surface area contributed by atoms with E-state index in [4.69, 9.17) is 5.11 Å².